The number of aryl methyl sites for hydroxylation is 1. The summed E-state index contributed by atoms with van der Waals surface area (Å²) in [5, 5.41) is 24.0. The van der Waals surface area contributed by atoms with Crippen LogP contribution in [0.3, 0.4) is 0 Å². The molecule has 8 heteroatoms. The second-order valence-corrected chi connectivity index (χ2v) is 7.14. The van der Waals surface area contributed by atoms with E-state index >= 15 is 0 Å². The summed E-state index contributed by atoms with van der Waals surface area (Å²) in [5.41, 5.74) is 1.20. The average molecular weight is 411 g/mol. The summed E-state index contributed by atoms with van der Waals surface area (Å²) in [7, 11) is 0. The van der Waals surface area contributed by atoms with E-state index in [1.54, 1.807) is 29.2 Å². The zero-order chi connectivity index (χ0) is 19.4. The van der Waals surface area contributed by atoms with Gasteiger partial charge in [-0.05, 0) is 42.7 Å². The Kier molecular flexibility index (Phi) is 6.44. The lowest BCUT2D eigenvalue weighted by Gasteiger charge is -2.18. The minimum Gasteiger partial charge on any atom is -0.508 e. The SMILES string of the molecule is O=C(NCCCc1ccc(Cl)c(Cl)c1)C1=C(O)C(O)N(Cc2ccco2)C1. The molecule has 3 rings (SSSR count). The number of nitrogens with one attached hydrogen (secondary N) is 1. The Hall–Kier alpha value is -1.99. The molecule has 1 aliphatic rings. The molecule has 1 atom stereocenters. The lowest BCUT2D eigenvalue weighted by atomic mass is 10.1. The molecule has 0 radical (unpaired) electrons. The first kappa shape index (κ1) is 19.8. The van der Waals surface area contributed by atoms with Gasteiger partial charge in [-0.1, -0.05) is 29.3 Å². The summed E-state index contributed by atoms with van der Waals surface area (Å²) in [6.45, 7) is 0.878. The molecule has 2 heterocycles. The maximum atomic E-state index is 12.3. The zero-order valence-corrected chi connectivity index (χ0v) is 16.0. The topological polar surface area (TPSA) is 85.9 Å². The number of aliphatic hydroxyl groups is 2. The second kappa shape index (κ2) is 8.80. The minimum absolute atomic E-state index is 0.145. The third-order valence-electron chi connectivity index (χ3n) is 4.39. The van der Waals surface area contributed by atoms with Crippen molar-refractivity contribution in [2.45, 2.75) is 25.6 Å². The fraction of sp³-hybridized carbons (Fsp3) is 0.316. The van der Waals surface area contributed by atoms with Gasteiger partial charge in [0.25, 0.3) is 5.91 Å². The molecule has 0 fully saturated rings. The number of amides is 1. The van der Waals surface area contributed by atoms with Crippen molar-refractivity contribution in [3.05, 3.63) is 69.3 Å². The minimum atomic E-state index is -1.22. The highest BCUT2D eigenvalue weighted by atomic mass is 35.5. The molecule has 0 spiro atoms. The Morgan fingerprint density at radius 3 is 2.81 bits per heavy atom. The molecule has 1 aliphatic heterocycles. The van der Waals surface area contributed by atoms with E-state index in [4.69, 9.17) is 27.6 Å². The smallest absolute Gasteiger partial charge is 0.252 e. The number of carbonyl (C=O) groups is 1. The van der Waals surface area contributed by atoms with Crippen LogP contribution in [0.25, 0.3) is 0 Å². The number of nitrogens with zero attached hydrogens (tertiary/aromatic N) is 1. The average Bonchev–Trinajstić information content (AvgIpc) is 3.25. The van der Waals surface area contributed by atoms with Crippen LogP contribution >= 0.6 is 23.2 Å². The van der Waals surface area contributed by atoms with Crippen molar-refractivity contribution in [3.8, 4) is 0 Å². The first-order chi connectivity index (χ1) is 13.0. The van der Waals surface area contributed by atoms with Gasteiger partial charge in [-0.2, -0.15) is 0 Å². The molecule has 27 heavy (non-hydrogen) atoms. The summed E-state index contributed by atoms with van der Waals surface area (Å²) in [4.78, 5) is 13.9. The third kappa shape index (κ3) is 4.84. The van der Waals surface area contributed by atoms with E-state index in [2.05, 4.69) is 5.32 Å². The lowest BCUT2D eigenvalue weighted by Crippen LogP contribution is -2.32. The molecule has 1 aromatic heterocycles. The van der Waals surface area contributed by atoms with Gasteiger partial charge in [0.15, 0.2) is 6.23 Å². The Balaban J connectivity index is 1.48. The van der Waals surface area contributed by atoms with Crippen LogP contribution in [0.5, 0.6) is 0 Å². The molecule has 1 aromatic carbocycles. The van der Waals surface area contributed by atoms with E-state index in [0.717, 1.165) is 12.0 Å². The van der Waals surface area contributed by atoms with Crippen molar-refractivity contribution in [2.24, 2.45) is 0 Å². The van der Waals surface area contributed by atoms with Crippen molar-refractivity contribution in [3.63, 3.8) is 0 Å². The van der Waals surface area contributed by atoms with Crippen LogP contribution in [-0.4, -0.2) is 40.3 Å². The monoisotopic (exact) mass is 410 g/mol. The summed E-state index contributed by atoms with van der Waals surface area (Å²) in [5.74, 6) is -0.0590. The molecule has 3 N–H and O–H groups in total. The quantitative estimate of drug-likeness (QED) is 0.609. The van der Waals surface area contributed by atoms with E-state index < -0.39 is 6.23 Å². The van der Waals surface area contributed by atoms with Gasteiger partial charge in [0, 0.05) is 13.1 Å². The molecular weight excluding hydrogens is 391 g/mol. The normalized spacial score (nSPS) is 17.5. The number of halogens is 2. The highest BCUT2D eigenvalue weighted by Gasteiger charge is 2.34. The van der Waals surface area contributed by atoms with E-state index in [1.165, 1.54) is 6.26 Å². The summed E-state index contributed by atoms with van der Waals surface area (Å²) in [6.07, 6.45) is 1.75. The standard InChI is InChI=1S/C19H20Cl2N2O4/c20-15-6-5-12(9-16(15)21)3-1-7-22-18(25)14-11-23(19(26)17(14)24)10-13-4-2-8-27-13/h2,4-6,8-9,19,24,26H,1,3,7,10-11H2,(H,22,25). The van der Waals surface area contributed by atoms with E-state index in [1.807, 2.05) is 6.07 Å². The molecule has 6 nitrogen and oxygen atoms in total. The Morgan fingerprint density at radius 1 is 1.30 bits per heavy atom. The first-order valence-electron chi connectivity index (χ1n) is 8.54. The van der Waals surface area contributed by atoms with E-state index in [-0.39, 0.29) is 23.8 Å². The van der Waals surface area contributed by atoms with Gasteiger partial charge in [0.05, 0.1) is 28.4 Å². The predicted octanol–water partition coefficient (Wildman–Crippen LogP) is 3.28. The molecule has 0 saturated heterocycles. The van der Waals surface area contributed by atoms with Crippen LogP contribution < -0.4 is 5.32 Å². The van der Waals surface area contributed by atoms with Crippen LogP contribution in [0, 0.1) is 0 Å². The van der Waals surface area contributed by atoms with Gasteiger partial charge < -0.3 is 19.9 Å². The van der Waals surface area contributed by atoms with Crippen molar-refractivity contribution in [1.82, 2.24) is 10.2 Å². The van der Waals surface area contributed by atoms with Crippen LogP contribution in [0.2, 0.25) is 10.0 Å². The first-order valence-corrected chi connectivity index (χ1v) is 9.30. The Morgan fingerprint density at radius 2 is 2.11 bits per heavy atom. The van der Waals surface area contributed by atoms with Gasteiger partial charge in [0.1, 0.15) is 11.5 Å². The molecule has 0 bridgehead atoms. The van der Waals surface area contributed by atoms with Gasteiger partial charge in [0.2, 0.25) is 0 Å². The second-order valence-electron chi connectivity index (χ2n) is 6.33. The molecule has 1 unspecified atom stereocenters. The summed E-state index contributed by atoms with van der Waals surface area (Å²) < 4.78 is 5.24. The number of hydrogen-bond acceptors (Lipinski definition) is 5. The Bertz CT molecular complexity index is 836. The number of carbonyl (C=O) groups excluding carboxylic acids is 1. The number of aliphatic hydroxyl groups excluding tert-OH is 2. The van der Waals surface area contributed by atoms with Crippen LogP contribution in [0.4, 0.5) is 0 Å². The van der Waals surface area contributed by atoms with Gasteiger partial charge in [-0.3, -0.25) is 9.69 Å². The highest BCUT2D eigenvalue weighted by molar-refractivity contribution is 6.42. The number of hydrogen-bond donors (Lipinski definition) is 3. The number of benzene rings is 1. The molecule has 0 aliphatic carbocycles. The third-order valence-corrected chi connectivity index (χ3v) is 5.12. The maximum absolute atomic E-state index is 12.3. The summed E-state index contributed by atoms with van der Waals surface area (Å²) >= 11 is 11.9. The van der Waals surface area contributed by atoms with Crippen molar-refractivity contribution in [2.75, 3.05) is 13.1 Å². The fourth-order valence-corrected chi connectivity index (χ4v) is 3.25. The van der Waals surface area contributed by atoms with Gasteiger partial charge in [-0.15, -0.1) is 0 Å². The largest absolute Gasteiger partial charge is 0.508 e. The zero-order valence-electron chi connectivity index (χ0n) is 14.5. The Labute approximate surface area is 167 Å². The fourth-order valence-electron chi connectivity index (χ4n) is 2.93. The molecule has 0 saturated carbocycles. The molecule has 1 amide bonds. The van der Waals surface area contributed by atoms with E-state index in [0.29, 0.717) is 35.3 Å². The highest BCUT2D eigenvalue weighted by Crippen LogP contribution is 2.24. The molecule has 144 valence electrons. The van der Waals surface area contributed by atoms with Gasteiger partial charge >= 0.3 is 0 Å². The van der Waals surface area contributed by atoms with Crippen LogP contribution in [0.15, 0.2) is 52.3 Å². The maximum Gasteiger partial charge on any atom is 0.252 e. The van der Waals surface area contributed by atoms with Crippen molar-refractivity contribution < 1.29 is 19.4 Å². The van der Waals surface area contributed by atoms with Crippen molar-refractivity contribution >= 4 is 29.1 Å². The summed E-state index contributed by atoms with van der Waals surface area (Å²) in [6, 6.07) is 8.95. The molecular formula is C19H20Cl2N2O4. The lowest BCUT2D eigenvalue weighted by molar-refractivity contribution is -0.117. The van der Waals surface area contributed by atoms with E-state index in [9.17, 15) is 15.0 Å². The van der Waals surface area contributed by atoms with Crippen molar-refractivity contribution in [1.29, 1.82) is 0 Å². The van der Waals surface area contributed by atoms with Gasteiger partial charge in [-0.25, -0.2) is 0 Å². The number of rotatable bonds is 7. The van der Waals surface area contributed by atoms with Crippen LogP contribution in [-0.2, 0) is 17.8 Å². The van der Waals surface area contributed by atoms with Crippen LogP contribution in [0.1, 0.15) is 17.7 Å². The predicted molar refractivity (Wildman–Crippen MR) is 103 cm³/mol. The number of furan rings is 1. The molecule has 2 aromatic rings.